The Kier molecular flexibility index (Phi) is 7.44. The molecule has 1 amide bonds. The number of ether oxygens (including phenoxy) is 1. The first-order valence-corrected chi connectivity index (χ1v) is 6.87. The summed E-state index contributed by atoms with van der Waals surface area (Å²) in [4.78, 5) is 20.3. The van der Waals surface area contributed by atoms with Crippen LogP contribution < -0.4 is 11.1 Å². The van der Waals surface area contributed by atoms with Crippen molar-refractivity contribution in [2.75, 3.05) is 11.9 Å². The fraction of sp³-hybridized carbons (Fsp3) is 0.357. The van der Waals surface area contributed by atoms with Gasteiger partial charge in [0.15, 0.2) is 0 Å². The topological polar surface area (TPSA) is 95.1 Å². The summed E-state index contributed by atoms with van der Waals surface area (Å²) in [7, 11) is 0. The van der Waals surface area contributed by atoms with E-state index in [2.05, 4.69) is 15.3 Å². The van der Waals surface area contributed by atoms with Gasteiger partial charge in [0.1, 0.15) is 18.2 Å². The zero-order valence-electron chi connectivity index (χ0n) is 12.3. The molecule has 3 rings (SSSR count). The van der Waals surface area contributed by atoms with Gasteiger partial charge in [-0.05, 0) is 25.0 Å². The van der Waals surface area contributed by atoms with E-state index in [0.29, 0.717) is 18.7 Å². The standard InChI is InChI=1S/C14H17N5O2.2ClH/c15-7-11-2-3-12(21-11)14(20)18-10-1-4-13(17-8-10)19-6-5-16-9-19;;/h1,4-6,8-9,11-12H,2-3,7,15H2,(H,18,20);2*1H/t11-,12+;;/m1../s1. The summed E-state index contributed by atoms with van der Waals surface area (Å²) < 4.78 is 7.35. The van der Waals surface area contributed by atoms with Crippen molar-refractivity contribution >= 4 is 36.4 Å². The number of hydrogen-bond donors (Lipinski definition) is 2. The van der Waals surface area contributed by atoms with Gasteiger partial charge in [-0.3, -0.25) is 9.36 Å². The highest BCUT2D eigenvalue weighted by molar-refractivity contribution is 5.94. The first kappa shape index (κ1) is 19.4. The zero-order chi connectivity index (χ0) is 14.7. The summed E-state index contributed by atoms with van der Waals surface area (Å²) in [6.45, 7) is 0.449. The second-order valence-electron chi connectivity index (χ2n) is 4.92. The van der Waals surface area contributed by atoms with E-state index in [1.54, 1.807) is 35.6 Å². The third kappa shape index (κ3) is 4.65. The predicted molar refractivity (Wildman–Crippen MR) is 91.4 cm³/mol. The fourth-order valence-electron chi connectivity index (χ4n) is 2.30. The molecule has 1 fully saturated rings. The molecule has 0 unspecified atom stereocenters. The highest BCUT2D eigenvalue weighted by Crippen LogP contribution is 2.20. The largest absolute Gasteiger partial charge is 0.364 e. The van der Waals surface area contributed by atoms with Gasteiger partial charge in [0.25, 0.3) is 5.91 Å². The number of carbonyl (C=O) groups is 1. The summed E-state index contributed by atoms with van der Waals surface area (Å²) in [5.41, 5.74) is 6.18. The van der Waals surface area contributed by atoms with Crippen molar-refractivity contribution in [1.29, 1.82) is 0 Å². The van der Waals surface area contributed by atoms with Crippen molar-refractivity contribution in [1.82, 2.24) is 14.5 Å². The second kappa shape index (κ2) is 8.83. The lowest BCUT2D eigenvalue weighted by Crippen LogP contribution is -2.29. The van der Waals surface area contributed by atoms with Crippen LogP contribution in [0.1, 0.15) is 12.8 Å². The molecule has 0 aromatic carbocycles. The van der Waals surface area contributed by atoms with Gasteiger partial charge in [-0.15, -0.1) is 24.8 Å². The first-order chi connectivity index (χ1) is 10.3. The van der Waals surface area contributed by atoms with Crippen LogP contribution in [0, 0.1) is 0 Å². The van der Waals surface area contributed by atoms with Crippen LogP contribution in [0.2, 0.25) is 0 Å². The molecule has 1 aliphatic rings. The van der Waals surface area contributed by atoms with Gasteiger partial charge in [0.2, 0.25) is 0 Å². The minimum Gasteiger partial charge on any atom is -0.364 e. The van der Waals surface area contributed by atoms with Crippen molar-refractivity contribution in [3.05, 3.63) is 37.1 Å². The van der Waals surface area contributed by atoms with Gasteiger partial charge in [0.05, 0.1) is 18.0 Å². The van der Waals surface area contributed by atoms with Crippen molar-refractivity contribution < 1.29 is 9.53 Å². The SMILES string of the molecule is Cl.Cl.NC[C@H]1CC[C@@H](C(=O)Nc2ccc(-n3ccnc3)nc2)O1. The molecule has 3 N–H and O–H groups in total. The van der Waals surface area contributed by atoms with E-state index >= 15 is 0 Å². The molecule has 7 nitrogen and oxygen atoms in total. The molecule has 0 saturated carbocycles. The highest BCUT2D eigenvalue weighted by atomic mass is 35.5. The maximum absolute atomic E-state index is 12.1. The van der Waals surface area contributed by atoms with E-state index in [9.17, 15) is 4.79 Å². The molecule has 0 bridgehead atoms. The van der Waals surface area contributed by atoms with E-state index < -0.39 is 6.10 Å². The molecule has 1 saturated heterocycles. The molecular weight excluding hydrogens is 341 g/mol. The Morgan fingerprint density at radius 1 is 1.39 bits per heavy atom. The average molecular weight is 360 g/mol. The van der Waals surface area contributed by atoms with Gasteiger partial charge >= 0.3 is 0 Å². The van der Waals surface area contributed by atoms with Crippen LogP contribution in [0.15, 0.2) is 37.1 Å². The summed E-state index contributed by atoms with van der Waals surface area (Å²) >= 11 is 0. The molecule has 23 heavy (non-hydrogen) atoms. The zero-order valence-corrected chi connectivity index (χ0v) is 13.9. The number of imidazole rings is 1. The molecule has 2 aromatic rings. The molecule has 2 aromatic heterocycles. The number of pyridine rings is 1. The minimum absolute atomic E-state index is 0. The molecule has 3 heterocycles. The van der Waals surface area contributed by atoms with Gasteiger partial charge in [-0.25, -0.2) is 9.97 Å². The molecule has 1 aliphatic heterocycles. The molecule has 0 aliphatic carbocycles. The number of hydrogen-bond acceptors (Lipinski definition) is 5. The third-order valence-corrected chi connectivity index (χ3v) is 3.45. The number of aromatic nitrogens is 3. The van der Waals surface area contributed by atoms with E-state index in [4.69, 9.17) is 10.5 Å². The van der Waals surface area contributed by atoms with Gasteiger partial charge in [-0.1, -0.05) is 0 Å². The average Bonchev–Trinajstić information content (AvgIpc) is 3.19. The maximum atomic E-state index is 12.1. The van der Waals surface area contributed by atoms with E-state index in [-0.39, 0.29) is 36.8 Å². The normalized spacial score (nSPS) is 19.5. The van der Waals surface area contributed by atoms with Crippen LogP contribution in [0.25, 0.3) is 5.82 Å². The Labute approximate surface area is 146 Å². The van der Waals surface area contributed by atoms with Gasteiger partial charge in [0, 0.05) is 18.9 Å². The number of halogens is 2. The first-order valence-electron chi connectivity index (χ1n) is 6.87. The maximum Gasteiger partial charge on any atom is 0.253 e. The number of anilines is 1. The number of nitrogens with zero attached hydrogens (tertiary/aromatic N) is 3. The third-order valence-electron chi connectivity index (χ3n) is 3.45. The Morgan fingerprint density at radius 3 is 2.78 bits per heavy atom. The Bertz CT molecular complexity index is 606. The lowest BCUT2D eigenvalue weighted by atomic mass is 10.2. The summed E-state index contributed by atoms with van der Waals surface area (Å²) in [6.07, 6.45) is 7.86. The lowest BCUT2D eigenvalue weighted by molar-refractivity contribution is -0.126. The summed E-state index contributed by atoms with van der Waals surface area (Å²) in [5, 5.41) is 2.81. The molecule has 0 spiro atoms. The Balaban J connectivity index is 0.00000132. The van der Waals surface area contributed by atoms with Crippen LogP contribution in [-0.4, -0.2) is 39.2 Å². The Hall–Kier alpha value is -1.67. The van der Waals surface area contributed by atoms with Gasteiger partial charge in [-0.2, -0.15) is 0 Å². The summed E-state index contributed by atoms with van der Waals surface area (Å²) in [6, 6.07) is 3.62. The van der Waals surface area contributed by atoms with Crippen molar-refractivity contribution in [3.63, 3.8) is 0 Å². The number of carbonyl (C=O) groups excluding carboxylic acids is 1. The Morgan fingerprint density at radius 2 is 2.22 bits per heavy atom. The van der Waals surface area contributed by atoms with E-state index in [1.165, 1.54) is 0 Å². The number of nitrogens with one attached hydrogen (secondary N) is 1. The monoisotopic (exact) mass is 359 g/mol. The number of amides is 1. The molecule has 9 heteroatoms. The number of rotatable bonds is 4. The quantitative estimate of drug-likeness (QED) is 0.863. The van der Waals surface area contributed by atoms with Crippen LogP contribution in [0.4, 0.5) is 5.69 Å². The highest BCUT2D eigenvalue weighted by Gasteiger charge is 2.29. The van der Waals surface area contributed by atoms with Crippen LogP contribution >= 0.6 is 24.8 Å². The lowest BCUT2D eigenvalue weighted by Gasteiger charge is -2.12. The van der Waals surface area contributed by atoms with Crippen LogP contribution in [0.5, 0.6) is 0 Å². The summed E-state index contributed by atoms with van der Waals surface area (Å²) in [5.74, 6) is 0.592. The predicted octanol–water partition coefficient (Wildman–Crippen LogP) is 1.56. The van der Waals surface area contributed by atoms with E-state index in [0.717, 1.165) is 12.2 Å². The number of nitrogens with two attached hydrogens (primary N) is 1. The van der Waals surface area contributed by atoms with Crippen LogP contribution in [-0.2, 0) is 9.53 Å². The van der Waals surface area contributed by atoms with Crippen molar-refractivity contribution in [3.8, 4) is 5.82 Å². The smallest absolute Gasteiger partial charge is 0.253 e. The molecule has 0 radical (unpaired) electrons. The molecule has 2 atom stereocenters. The molecule has 126 valence electrons. The second-order valence-corrected chi connectivity index (χ2v) is 4.92. The fourth-order valence-corrected chi connectivity index (χ4v) is 2.30. The van der Waals surface area contributed by atoms with Gasteiger partial charge < -0.3 is 15.8 Å². The van der Waals surface area contributed by atoms with Crippen molar-refractivity contribution in [2.45, 2.75) is 25.0 Å². The minimum atomic E-state index is -0.424. The van der Waals surface area contributed by atoms with E-state index in [1.807, 2.05) is 6.07 Å². The van der Waals surface area contributed by atoms with Crippen LogP contribution in [0.3, 0.4) is 0 Å². The molecular formula is C14H19Cl2N5O2. The van der Waals surface area contributed by atoms with Crippen molar-refractivity contribution in [2.24, 2.45) is 5.73 Å².